The van der Waals surface area contributed by atoms with E-state index in [0.717, 1.165) is 0 Å². The van der Waals surface area contributed by atoms with Gasteiger partial charge in [0.05, 0.1) is 12.5 Å². The van der Waals surface area contributed by atoms with E-state index < -0.39 is 11.9 Å². The third-order valence-electron chi connectivity index (χ3n) is 1.06. The summed E-state index contributed by atoms with van der Waals surface area (Å²) in [4.78, 5) is 10.0. The van der Waals surface area contributed by atoms with Gasteiger partial charge in [-0.3, -0.25) is 4.79 Å². The molecule has 0 aromatic carbocycles. The van der Waals surface area contributed by atoms with Crippen molar-refractivity contribution in [1.82, 2.24) is 0 Å². The summed E-state index contributed by atoms with van der Waals surface area (Å²) in [5.41, 5.74) is 0. The Labute approximate surface area is 77.8 Å². The van der Waals surface area contributed by atoms with Crippen LogP contribution in [0.1, 0.15) is 14.8 Å². The Balaban J connectivity index is -0.000000245. The molecule has 0 bridgehead atoms. The number of aliphatic hydroxyl groups excluding tert-OH is 1. The van der Waals surface area contributed by atoms with E-state index in [9.17, 15) is 4.79 Å². The molecule has 0 rings (SSSR count). The molecule has 9 heavy (non-hydrogen) atoms. The minimum atomic E-state index is -0.921. The predicted octanol–water partition coefficient (Wildman–Crippen LogP) is -2.79. The van der Waals surface area contributed by atoms with Gasteiger partial charge < -0.3 is 11.6 Å². The van der Waals surface area contributed by atoms with E-state index in [-0.39, 0.29) is 37.6 Å². The molecule has 2 N–H and O–H groups in total. The molecule has 0 saturated carbocycles. The first-order valence-electron chi connectivity index (χ1n) is 2.56. The second-order valence-electron chi connectivity index (χ2n) is 1.63. The standard InChI is InChI=1S/C5H10O3.Na.H/c1-2-4(3-6)5(7)8;;/h4,6H,2-3H2,1H3,(H,7,8);;/q;+1;-1. The van der Waals surface area contributed by atoms with Crippen LogP contribution < -0.4 is 29.6 Å². The summed E-state index contributed by atoms with van der Waals surface area (Å²) in [5, 5.41) is 16.5. The van der Waals surface area contributed by atoms with Gasteiger partial charge in [0.25, 0.3) is 0 Å². The number of aliphatic carboxylic acids is 1. The Morgan fingerprint density at radius 2 is 2.22 bits per heavy atom. The molecule has 50 valence electrons. The summed E-state index contributed by atoms with van der Waals surface area (Å²) in [5.74, 6) is -1.50. The van der Waals surface area contributed by atoms with Gasteiger partial charge in [-0.05, 0) is 6.42 Å². The molecule has 0 heterocycles. The van der Waals surface area contributed by atoms with E-state index in [4.69, 9.17) is 10.2 Å². The van der Waals surface area contributed by atoms with Crippen molar-refractivity contribution in [3.05, 3.63) is 0 Å². The summed E-state index contributed by atoms with van der Waals surface area (Å²) in [6, 6.07) is 0. The van der Waals surface area contributed by atoms with Crippen LogP contribution in [-0.2, 0) is 4.79 Å². The largest absolute Gasteiger partial charge is 1.00 e. The molecule has 0 aliphatic heterocycles. The normalized spacial score (nSPS) is 11.8. The van der Waals surface area contributed by atoms with Crippen LogP contribution in [0.5, 0.6) is 0 Å². The van der Waals surface area contributed by atoms with Crippen molar-refractivity contribution in [2.75, 3.05) is 6.61 Å². The van der Waals surface area contributed by atoms with Gasteiger partial charge >= 0.3 is 35.5 Å². The second kappa shape index (κ2) is 6.55. The zero-order valence-corrected chi connectivity index (χ0v) is 7.79. The number of aliphatic hydroxyl groups is 1. The molecule has 1 atom stereocenters. The van der Waals surface area contributed by atoms with E-state index in [0.29, 0.717) is 6.42 Å². The number of rotatable bonds is 3. The fourth-order valence-corrected chi connectivity index (χ4v) is 0.382. The summed E-state index contributed by atoms with van der Waals surface area (Å²) in [6.45, 7) is 1.47. The van der Waals surface area contributed by atoms with Crippen molar-refractivity contribution in [1.29, 1.82) is 0 Å². The fraction of sp³-hybridized carbons (Fsp3) is 0.800. The van der Waals surface area contributed by atoms with E-state index in [1.807, 2.05) is 0 Å². The second-order valence-corrected chi connectivity index (χ2v) is 1.63. The maximum Gasteiger partial charge on any atom is 1.00 e. The van der Waals surface area contributed by atoms with Crippen LogP contribution in [0.3, 0.4) is 0 Å². The molecule has 0 aliphatic rings. The third-order valence-corrected chi connectivity index (χ3v) is 1.06. The molecule has 0 radical (unpaired) electrons. The number of carboxylic acid groups (broad SMARTS) is 1. The zero-order chi connectivity index (χ0) is 6.57. The Kier molecular flexibility index (Phi) is 8.83. The van der Waals surface area contributed by atoms with Crippen LogP contribution in [0, 0.1) is 5.92 Å². The van der Waals surface area contributed by atoms with Crippen LogP contribution in [0.15, 0.2) is 0 Å². The number of carbonyl (C=O) groups is 1. The average Bonchev–Trinajstić information content (AvgIpc) is 1.69. The van der Waals surface area contributed by atoms with Gasteiger partial charge in [-0.1, -0.05) is 6.92 Å². The molecule has 0 aromatic heterocycles. The van der Waals surface area contributed by atoms with Gasteiger partial charge in [0, 0.05) is 0 Å². The Bertz CT molecular complexity index is 85.0. The number of hydrogen-bond acceptors (Lipinski definition) is 2. The van der Waals surface area contributed by atoms with Gasteiger partial charge in [0.2, 0.25) is 0 Å². The first-order chi connectivity index (χ1) is 3.72. The molecule has 1 unspecified atom stereocenters. The quantitative estimate of drug-likeness (QED) is 0.419. The molecule has 4 heteroatoms. The molecular weight excluding hydrogens is 131 g/mol. The first kappa shape index (κ1) is 12.1. The van der Waals surface area contributed by atoms with Crippen molar-refractivity contribution in [3.8, 4) is 0 Å². The average molecular weight is 142 g/mol. The van der Waals surface area contributed by atoms with Gasteiger partial charge in [-0.15, -0.1) is 0 Å². The SMILES string of the molecule is CCC(CO)C(=O)O.[H-].[Na+]. The molecule has 3 nitrogen and oxygen atoms in total. The maximum atomic E-state index is 10.0. The van der Waals surface area contributed by atoms with E-state index >= 15 is 0 Å². The summed E-state index contributed by atoms with van der Waals surface area (Å²) < 4.78 is 0. The van der Waals surface area contributed by atoms with Crippen LogP contribution in [0.4, 0.5) is 0 Å². The molecule has 0 saturated heterocycles. The van der Waals surface area contributed by atoms with E-state index in [2.05, 4.69) is 0 Å². The van der Waals surface area contributed by atoms with Crippen molar-refractivity contribution in [3.63, 3.8) is 0 Å². The van der Waals surface area contributed by atoms with Crippen molar-refractivity contribution >= 4 is 5.97 Å². The Hall–Kier alpha value is 0.430. The minimum Gasteiger partial charge on any atom is -1.00 e. The van der Waals surface area contributed by atoms with Gasteiger partial charge in [-0.25, -0.2) is 0 Å². The van der Waals surface area contributed by atoms with Gasteiger partial charge in [0.1, 0.15) is 0 Å². The van der Waals surface area contributed by atoms with Crippen LogP contribution in [0.25, 0.3) is 0 Å². The summed E-state index contributed by atoms with van der Waals surface area (Å²) >= 11 is 0. The Morgan fingerprint density at radius 1 is 1.78 bits per heavy atom. The topological polar surface area (TPSA) is 57.5 Å². The fourth-order valence-electron chi connectivity index (χ4n) is 0.382. The van der Waals surface area contributed by atoms with Crippen LogP contribution in [0.2, 0.25) is 0 Å². The molecule has 0 aromatic rings. The molecular formula is C5H11NaO3. The monoisotopic (exact) mass is 142 g/mol. The smallest absolute Gasteiger partial charge is 1.00 e. The van der Waals surface area contributed by atoms with Gasteiger partial charge in [0.15, 0.2) is 0 Å². The van der Waals surface area contributed by atoms with Crippen molar-refractivity contribution in [2.24, 2.45) is 5.92 Å². The molecule has 0 amide bonds. The first-order valence-corrected chi connectivity index (χ1v) is 2.56. The van der Waals surface area contributed by atoms with Crippen molar-refractivity contribution in [2.45, 2.75) is 13.3 Å². The molecule has 0 fully saturated rings. The predicted molar refractivity (Wildman–Crippen MR) is 29.6 cm³/mol. The minimum absolute atomic E-state index is 0. The van der Waals surface area contributed by atoms with E-state index in [1.54, 1.807) is 6.92 Å². The van der Waals surface area contributed by atoms with Crippen molar-refractivity contribution < 1.29 is 46.0 Å². The Morgan fingerprint density at radius 3 is 2.22 bits per heavy atom. The van der Waals surface area contributed by atoms with E-state index in [1.165, 1.54) is 0 Å². The molecule has 0 aliphatic carbocycles. The van der Waals surface area contributed by atoms with Gasteiger partial charge in [-0.2, -0.15) is 0 Å². The third kappa shape index (κ3) is 4.90. The van der Waals surface area contributed by atoms with Crippen LogP contribution in [-0.4, -0.2) is 22.8 Å². The maximum absolute atomic E-state index is 10.0. The number of carboxylic acids is 1. The summed E-state index contributed by atoms with van der Waals surface area (Å²) in [7, 11) is 0. The number of hydrogen-bond donors (Lipinski definition) is 2. The summed E-state index contributed by atoms with van der Waals surface area (Å²) in [6.07, 6.45) is 0.492. The zero-order valence-electron chi connectivity index (χ0n) is 6.79. The molecule has 0 spiro atoms. The van der Waals surface area contributed by atoms with Crippen LogP contribution >= 0.6 is 0 Å².